The van der Waals surface area contributed by atoms with Gasteiger partial charge in [-0.25, -0.2) is 9.97 Å². The highest BCUT2D eigenvalue weighted by molar-refractivity contribution is 5.57. The van der Waals surface area contributed by atoms with E-state index in [2.05, 4.69) is 43.1 Å². The van der Waals surface area contributed by atoms with Crippen molar-refractivity contribution in [2.75, 3.05) is 11.9 Å². The minimum Gasteiger partial charge on any atom is -0.370 e. The Bertz CT molecular complexity index is 586. The highest BCUT2D eigenvalue weighted by Crippen LogP contribution is 2.27. The number of nitrogens with zero attached hydrogens (tertiary/aromatic N) is 4. The van der Waals surface area contributed by atoms with Crippen LogP contribution in [0.1, 0.15) is 44.9 Å². The van der Waals surface area contributed by atoms with Crippen molar-refractivity contribution in [3.8, 4) is 11.5 Å². The van der Waals surface area contributed by atoms with E-state index in [1.165, 1.54) is 5.56 Å². The minimum absolute atomic E-state index is 0.397. The molecule has 2 rings (SSSR count). The summed E-state index contributed by atoms with van der Waals surface area (Å²) in [5.74, 6) is 2.07. The Kier molecular flexibility index (Phi) is 4.37. The lowest BCUT2D eigenvalue weighted by atomic mass is 10.0. The molecule has 0 atom stereocenters. The first-order valence-electron chi connectivity index (χ1n) is 7.23. The third-order valence-electron chi connectivity index (χ3n) is 3.30. The van der Waals surface area contributed by atoms with Crippen molar-refractivity contribution < 1.29 is 0 Å². The van der Waals surface area contributed by atoms with Crippen LogP contribution in [-0.2, 0) is 6.54 Å². The van der Waals surface area contributed by atoms with E-state index in [1.54, 1.807) is 6.20 Å². The molecule has 0 aliphatic heterocycles. The highest BCUT2D eigenvalue weighted by Gasteiger charge is 2.16. The van der Waals surface area contributed by atoms with E-state index in [0.717, 1.165) is 36.1 Å². The van der Waals surface area contributed by atoms with Gasteiger partial charge in [0, 0.05) is 30.5 Å². The SMILES string of the molecule is CCNc1nc(-c2ccnn2CC)nc(C)c1C(C)C. The summed E-state index contributed by atoms with van der Waals surface area (Å²) in [6, 6.07) is 1.96. The van der Waals surface area contributed by atoms with Crippen molar-refractivity contribution in [2.24, 2.45) is 0 Å². The van der Waals surface area contributed by atoms with Gasteiger partial charge in [-0.3, -0.25) is 4.68 Å². The molecular weight excluding hydrogens is 250 g/mol. The summed E-state index contributed by atoms with van der Waals surface area (Å²) in [5, 5.41) is 7.65. The van der Waals surface area contributed by atoms with Crippen LogP contribution in [0.4, 0.5) is 5.82 Å². The first-order chi connectivity index (χ1) is 9.58. The largest absolute Gasteiger partial charge is 0.370 e. The summed E-state index contributed by atoms with van der Waals surface area (Å²) in [5.41, 5.74) is 3.19. The van der Waals surface area contributed by atoms with Crippen LogP contribution in [0.5, 0.6) is 0 Å². The standard InChI is InChI=1S/C15H23N5/c1-6-16-15-13(10(3)4)11(5)18-14(19-15)12-8-9-17-20(12)7-2/h8-10H,6-7H2,1-5H3,(H,16,18,19). The summed E-state index contributed by atoms with van der Waals surface area (Å²) in [4.78, 5) is 9.39. The van der Waals surface area contributed by atoms with Crippen LogP contribution in [0.25, 0.3) is 11.5 Å². The summed E-state index contributed by atoms with van der Waals surface area (Å²) < 4.78 is 1.92. The molecule has 108 valence electrons. The lowest BCUT2D eigenvalue weighted by Crippen LogP contribution is -2.11. The molecule has 2 heterocycles. The van der Waals surface area contributed by atoms with E-state index in [9.17, 15) is 0 Å². The molecule has 0 radical (unpaired) electrons. The van der Waals surface area contributed by atoms with Gasteiger partial charge in [0.2, 0.25) is 0 Å². The van der Waals surface area contributed by atoms with E-state index in [1.807, 2.05) is 17.7 Å². The second kappa shape index (κ2) is 6.03. The summed E-state index contributed by atoms with van der Waals surface area (Å²) in [7, 11) is 0. The van der Waals surface area contributed by atoms with Gasteiger partial charge in [-0.05, 0) is 32.8 Å². The van der Waals surface area contributed by atoms with Crippen molar-refractivity contribution >= 4 is 5.82 Å². The number of hydrogen-bond acceptors (Lipinski definition) is 4. The molecule has 0 saturated carbocycles. The number of aromatic nitrogens is 4. The molecule has 0 spiro atoms. The molecule has 2 aromatic rings. The molecule has 1 N–H and O–H groups in total. The van der Waals surface area contributed by atoms with Gasteiger partial charge in [0.25, 0.3) is 0 Å². The van der Waals surface area contributed by atoms with Crippen molar-refractivity contribution in [3.63, 3.8) is 0 Å². The van der Waals surface area contributed by atoms with Crippen LogP contribution in [0.15, 0.2) is 12.3 Å². The molecule has 0 unspecified atom stereocenters. The highest BCUT2D eigenvalue weighted by atomic mass is 15.3. The molecule has 2 aromatic heterocycles. The maximum absolute atomic E-state index is 4.71. The second-order valence-electron chi connectivity index (χ2n) is 5.11. The van der Waals surface area contributed by atoms with Gasteiger partial charge in [-0.1, -0.05) is 13.8 Å². The zero-order valence-electron chi connectivity index (χ0n) is 12.9. The lowest BCUT2D eigenvalue weighted by molar-refractivity contribution is 0.663. The van der Waals surface area contributed by atoms with Gasteiger partial charge < -0.3 is 5.32 Å². The van der Waals surface area contributed by atoms with E-state index in [-0.39, 0.29) is 0 Å². The zero-order chi connectivity index (χ0) is 14.7. The Morgan fingerprint density at radius 2 is 2.00 bits per heavy atom. The monoisotopic (exact) mass is 273 g/mol. The molecule has 0 aromatic carbocycles. The Morgan fingerprint density at radius 3 is 2.60 bits per heavy atom. The third kappa shape index (κ3) is 2.66. The number of aryl methyl sites for hydroxylation is 2. The Morgan fingerprint density at radius 1 is 1.25 bits per heavy atom. The average Bonchev–Trinajstić information content (AvgIpc) is 2.86. The lowest BCUT2D eigenvalue weighted by Gasteiger charge is -2.16. The summed E-state index contributed by atoms with van der Waals surface area (Å²) in [6.07, 6.45) is 1.79. The van der Waals surface area contributed by atoms with Gasteiger partial charge in [0.15, 0.2) is 5.82 Å². The Balaban J connectivity index is 2.56. The molecule has 0 fully saturated rings. The van der Waals surface area contributed by atoms with E-state index in [0.29, 0.717) is 5.92 Å². The van der Waals surface area contributed by atoms with Gasteiger partial charge in [0.1, 0.15) is 11.5 Å². The van der Waals surface area contributed by atoms with Gasteiger partial charge in [0.05, 0.1) is 0 Å². The Hall–Kier alpha value is -1.91. The van der Waals surface area contributed by atoms with E-state index >= 15 is 0 Å². The molecule has 20 heavy (non-hydrogen) atoms. The molecule has 5 heteroatoms. The smallest absolute Gasteiger partial charge is 0.180 e. The van der Waals surface area contributed by atoms with Crippen LogP contribution < -0.4 is 5.32 Å². The maximum Gasteiger partial charge on any atom is 0.180 e. The molecule has 0 amide bonds. The van der Waals surface area contributed by atoms with Crippen molar-refractivity contribution in [1.29, 1.82) is 0 Å². The fourth-order valence-corrected chi connectivity index (χ4v) is 2.46. The third-order valence-corrected chi connectivity index (χ3v) is 3.30. The summed E-state index contributed by atoms with van der Waals surface area (Å²) >= 11 is 0. The molecule has 0 aliphatic rings. The van der Waals surface area contributed by atoms with Crippen molar-refractivity contribution in [2.45, 2.75) is 47.1 Å². The number of anilines is 1. The van der Waals surface area contributed by atoms with E-state index in [4.69, 9.17) is 4.98 Å². The van der Waals surface area contributed by atoms with Crippen LogP contribution in [-0.4, -0.2) is 26.3 Å². The quantitative estimate of drug-likeness (QED) is 0.908. The fraction of sp³-hybridized carbons (Fsp3) is 0.533. The molecular formula is C15H23N5. The van der Waals surface area contributed by atoms with Crippen LogP contribution in [0.3, 0.4) is 0 Å². The molecule has 0 aliphatic carbocycles. The van der Waals surface area contributed by atoms with Crippen molar-refractivity contribution in [1.82, 2.24) is 19.7 Å². The average molecular weight is 273 g/mol. The number of hydrogen-bond donors (Lipinski definition) is 1. The van der Waals surface area contributed by atoms with Crippen LogP contribution in [0, 0.1) is 6.92 Å². The fourth-order valence-electron chi connectivity index (χ4n) is 2.46. The predicted octanol–water partition coefficient (Wildman–Crippen LogP) is 3.22. The van der Waals surface area contributed by atoms with Crippen LogP contribution in [0.2, 0.25) is 0 Å². The minimum atomic E-state index is 0.397. The first-order valence-corrected chi connectivity index (χ1v) is 7.23. The molecule has 0 saturated heterocycles. The maximum atomic E-state index is 4.71. The zero-order valence-corrected chi connectivity index (χ0v) is 12.9. The second-order valence-corrected chi connectivity index (χ2v) is 5.11. The predicted molar refractivity (Wildman–Crippen MR) is 81.9 cm³/mol. The van der Waals surface area contributed by atoms with E-state index < -0.39 is 0 Å². The normalized spacial score (nSPS) is 11.1. The molecule has 5 nitrogen and oxygen atoms in total. The topological polar surface area (TPSA) is 55.6 Å². The summed E-state index contributed by atoms with van der Waals surface area (Å²) in [6.45, 7) is 12.2. The van der Waals surface area contributed by atoms with Gasteiger partial charge >= 0.3 is 0 Å². The Labute approximate surface area is 120 Å². The van der Waals surface area contributed by atoms with Crippen LogP contribution >= 0.6 is 0 Å². The number of rotatable bonds is 5. The van der Waals surface area contributed by atoms with Gasteiger partial charge in [-0.2, -0.15) is 5.10 Å². The molecule has 0 bridgehead atoms. The first kappa shape index (κ1) is 14.5. The van der Waals surface area contributed by atoms with Gasteiger partial charge in [-0.15, -0.1) is 0 Å². The van der Waals surface area contributed by atoms with Crippen molar-refractivity contribution in [3.05, 3.63) is 23.5 Å². The number of nitrogens with one attached hydrogen (secondary N) is 1.